The van der Waals surface area contributed by atoms with Gasteiger partial charge in [-0.3, -0.25) is 4.79 Å². The van der Waals surface area contributed by atoms with E-state index in [2.05, 4.69) is 6.58 Å². The van der Waals surface area contributed by atoms with Gasteiger partial charge in [0.1, 0.15) is 12.4 Å². The molecule has 0 saturated heterocycles. The summed E-state index contributed by atoms with van der Waals surface area (Å²) in [4.78, 5) is 11.9. The van der Waals surface area contributed by atoms with Crippen LogP contribution in [0.1, 0.15) is 26.3 Å². The molecule has 0 N–H and O–H groups in total. The Hall–Kier alpha value is -1.77. The van der Waals surface area contributed by atoms with E-state index in [-0.39, 0.29) is 12.6 Å². The van der Waals surface area contributed by atoms with Gasteiger partial charge in [-0.15, -0.1) is 0 Å². The molecule has 3 heteroatoms. The van der Waals surface area contributed by atoms with Gasteiger partial charge in [0.05, 0.1) is 12.0 Å². The number of hydrogen-bond acceptors (Lipinski definition) is 3. The monoisotopic (exact) mass is 248 g/mol. The van der Waals surface area contributed by atoms with Gasteiger partial charge in [-0.25, -0.2) is 0 Å². The predicted octanol–water partition coefficient (Wildman–Crippen LogP) is 3.09. The lowest BCUT2D eigenvalue weighted by Gasteiger charge is -2.23. The van der Waals surface area contributed by atoms with Gasteiger partial charge >= 0.3 is 5.97 Å². The topological polar surface area (TPSA) is 35.5 Å². The first kappa shape index (κ1) is 14.3. The molecule has 0 saturated carbocycles. The summed E-state index contributed by atoms with van der Waals surface area (Å²) in [7, 11) is 0. The molecule has 1 aromatic carbocycles. The molecule has 0 fully saturated rings. The molecule has 1 rings (SSSR count). The second kappa shape index (κ2) is 6.24. The van der Waals surface area contributed by atoms with Crippen molar-refractivity contribution in [1.29, 1.82) is 0 Å². The highest BCUT2D eigenvalue weighted by atomic mass is 16.5. The lowest BCUT2D eigenvalue weighted by atomic mass is 9.85. The van der Waals surface area contributed by atoms with E-state index in [9.17, 15) is 4.79 Å². The van der Waals surface area contributed by atoms with E-state index in [0.29, 0.717) is 6.61 Å². The highest BCUT2D eigenvalue weighted by molar-refractivity contribution is 5.82. The molecule has 0 unspecified atom stereocenters. The Kier molecular flexibility index (Phi) is 4.95. The average Bonchev–Trinajstić information content (AvgIpc) is 2.37. The second-order valence-corrected chi connectivity index (χ2v) is 4.47. The number of esters is 1. The lowest BCUT2D eigenvalue weighted by Crippen LogP contribution is -2.31. The molecular formula is C15H20O3. The Labute approximate surface area is 108 Å². The quantitative estimate of drug-likeness (QED) is 0.573. The van der Waals surface area contributed by atoms with Crippen molar-refractivity contribution in [3.05, 3.63) is 42.5 Å². The van der Waals surface area contributed by atoms with E-state index in [1.54, 1.807) is 6.08 Å². The summed E-state index contributed by atoms with van der Waals surface area (Å²) in [6.45, 7) is 10.0. The first-order valence-corrected chi connectivity index (χ1v) is 6.03. The van der Waals surface area contributed by atoms with Crippen LogP contribution in [-0.4, -0.2) is 19.2 Å². The zero-order chi connectivity index (χ0) is 13.6. The maximum absolute atomic E-state index is 11.9. The Bertz CT molecular complexity index is 404. The fourth-order valence-corrected chi connectivity index (χ4v) is 1.57. The first-order valence-electron chi connectivity index (χ1n) is 6.03. The molecule has 18 heavy (non-hydrogen) atoms. The van der Waals surface area contributed by atoms with E-state index in [1.807, 2.05) is 45.0 Å². The Balaban J connectivity index is 2.83. The molecule has 0 bridgehead atoms. The summed E-state index contributed by atoms with van der Waals surface area (Å²) in [5, 5.41) is 0. The van der Waals surface area contributed by atoms with Gasteiger partial charge in [-0.2, -0.15) is 0 Å². The van der Waals surface area contributed by atoms with Gasteiger partial charge in [0.2, 0.25) is 0 Å². The third kappa shape index (κ3) is 3.36. The van der Waals surface area contributed by atoms with Crippen molar-refractivity contribution in [3.8, 4) is 5.75 Å². The Morgan fingerprint density at radius 1 is 1.33 bits per heavy atom. The van der Waals surface area contributed by atoms with Crippen LogP contribution in [0.25, 0.3) is 0 Å². The summed E-state index contributed by atoms with van der Waals surface area (Å²) >= 11 is 0. The van der Waals surface area contributed by atoms with Crippen molar-refractivity contribution in [2.75, 3.05) is 13.2 Å². The van der Waals surface area contributed by atoms with E-state index in [0.717, 1.165) is 11.3 Å². The van der Waals surface area contributed by atoms with Crippen LogP contribution in [0.5, 0.6) is 5.75 Å². The standard InChI is InChI=1S/C15H20O3/c1-5-11-18-14(16)15(3,4)12-7-9-13(10-8-12)17-6-2/h5,7-10H,1,6,11H2,2-4H3. The largest absolute Gasteiger partial charge is 0.494 e. The SMILES string of the molecule is C=CCOC(=O)C(C)(C)c1ccc(OCC)cc1. The average molecular weight is 248 g/mol. The molecule has 1 aromatic rings. The molecule has 0 heterocycles. The number of benzene rings is 1. The zero-order valence-electron chi connectivity index (χ0n) is 11.2. The van der Waals surface area contributed by atoms with Crippen molar-refractivity contribution in [1.82, 2.24) is 0 Å². The van der Waals surface area contributed by atoms with Crippen molar-refractivity contribution >= 4 is 5.97 Å². The van der Waals surface area contributed by atoms with E-state index in [4.69, 9.17) is 9.47 Å². The molecule has 0 spiro atoms. The summed E-state index contributed by atoms with van der Waals surface area (Å²) < 4.78 is 10.5. The Morgan fingerprint density at radius 3 is 2.44 bits per heavy atom. The minimum Gasteiger partial charge on any atom is -0.494 e. The van der Waals surface area contributed by atoms with Gasteiger partial charge in [-0.1, -0.05) is 24.8 Å². The van der Waals surface area contributed by atoms with Crippen LogP contribution in [0.15, 0.2) is 36.9 Å². The predicted molar refractivity (Wildman–Crippen MR) is 71.8 cm³/mol. The lowest BCUT2D eigenvalue weighted by molar-refractivity contribution is -0.148. The van der Waals surface area contributed by atoms with E-state index in [1.165, 1.54) is 0 Å². The number of ether oxygens (including phenoxy) is 2. The maximum Gasteiger partial charge on any atom is 0.316 e. The first-order chi connectivity index (χ1) is 8.52. The minimum atomic E-state index is -0.673. The molecule has 0 aliphatic rings. The van der Waals surface area contributed by atoms with Gasteiger partial charge in [0.15, 0.2) is 0 Å². The van der Waals surface area contributed by atoms with Crippen LogP contribution < -0.4 is 4.74 Å². The number of hydrogen-bond donors (Lipinski definition) is 0. The summed E-state index contributed by atoms with van der Waals surface area (Å²) in [5.74, 6) is 0.545. The molecule has 0 aromatic heterocycles. The number of rotatable bonds is 6. The molecule has 98 valence electrons. The van der Waals surface area contributed by atoms with Crippen LogP contribution >= 0.6 is 0 Å². The highest BCUT2D eigenvalue weighted by Gasteiger charge is 2.31. The van der Waals surface area contributed by atoms with Crippen LogP contribution in [0.4, 0.5) is 0 Å². The highest BCUT2D eigenvalue weighted by Crippen LogP contribution is 2.26. The van der Waals surface area contributed by atoms with Gasteiger partial charge in [0.25, 0.3) is 0 Å². The molecule has 0 aliphatic carbocycles. The number of carbonyl (C=O) groups excluding carboxylic acids is 1. The van der Waals surface area contributed by atoms with E-state index < -0.39 is 5.41 Å². The molecule has 0 aliphatic heterocycles. The van der Waals surface area contributed by atoms with Crippen LogP contribution in [0.2, 0.25) is 0 Å². The molecular weight excluding hydrogens is 228 g/mol. The summed E-state index contributed by atoms with van der Waals surface area (Å²) in [6, 6.07) is 7.50. The van der Waals surface area contributed by atoms with Crippen LogP contribution in [-0.2, 0) is 14.9 Å². The third-order valence-corrected chi connectivity index (χ3v) is 2.73. The fraction of sp³-hybridized carbons (Fsp3) is 0.400. The van der Waals surface area contributed by atoms with Crippen molar-refractivity contribution in [2.45, 2.75) is 26.2 Å². The minimum absolute atomic E-state index is 0.235. The second-order valence-electron chi connectivity index (χ2n) is 4.47. The van der Waals surface area contributed by atoms with E-state index >= 15 is 0 Å². The van der Waals surface area contributed by atoms with Crippen molar-refractivity contribution < 1.29 is 14.3 Å². The Morgan fingerprint density at radius 2 is 1.94 bits per heavy atom. The van der Waals surface area contributed by atoms with Gasteiger partial charge in [0, 0.05) is 0 Å². The fourth-order valence-electron chi connectivity index (χ4n) is 1.57. The molecule has 0 radical (unpaired) electrons. The summed E-state index contributed by atoms with van der Waals surface area (Å²) in [6.07, 6.45) is 1.56. The van der Waals surface area contributed by atoms with Crippen LogP contribution in [0.3, 0.4) is 0 Å². The zero-order valence-corrected chi connectivity index (χ0v) is 11.2. The van der Waals surface area contributed by atoms with Crippen molar-refractivity contribution in [3.63, 3.8) is 0 Å². The smallest absolute Gasteiger partial charge is 0.316 e. The van der Waals surface area contributed by atoms with Crippen molar-refractivity contribution in [2.24, 2.45) is 0 Å². The normalized spacial score (nSPS) is 10.8. The van der Waals surface area contributed by atoms with Gasteiger partial charge in [-0.05, 0) is 38.5 Å². The maximum atomic E-state index is 11.9. The summed E-state index contributed by atoms with van der Waals surface area (Å²) in [5.41, 5.74) is 0.230. The van der Waals surface area contributed by atoms with Crippen LogP contribution in [0, 0.1) is 0 Å². The third-order valence-electron chi connectivity index (χ3n) is 2.73. The molecule has 0 atom stereocenters. The number of carbonyl (C=O) groups is 1. The molecule has 3 nitrogen and oxygen atoms in total. The molecule has 0 amide bonds. The van der Waals surface area contributed by atoms with Gasteiger partial charge < -0.3 is 9.47 Å².